The van der Waals surface area contributed by atoms with Crippen LogP contribution in [0.1, 0.15) is 21.5 Å². The second kappa shape index (κ2) is 8.52. The molecule has 0 saturated heterocycles. The fourth-order valence-corrected chi connectivity index (χ4v) is 3.90. The van der Waals surface area contributed by atoms with E-state index in [1.165, 1.54) is 18.2 Å². The number of fused-ring (bicyclic) bond motifs is 1. The van der Waals surface area contributed by atoms with Crippen LogP contribution in [0.2, 0.25) is 5.02 Å². The largest absolute Gasteiger partial charge is 0.478 e. The first-order chi connectivity index (χ1) is 16.4. The van der Waals surface area contributed by atoms with Crippen molar-refractivity contribution in [3.63, 3.8) is 0 Å². The number of nitrogens with one attached hydrogen (secondary N) is 1. The number of halogens is 6. The molecule has 0 aliphatic rings. The van der Waals surface area contributed by atoms with Gasteiger partial charge in [-0.15, -0.1) is 0 Å². The second-order valence-electron chi connectivity index (χ2n) is 7.39. The maximum absolute atomic E-state index is 15.4. The first-order valence-corrected chi connectivity index (χ1v) is 10.00. The monoisotopic (exact) mass is 504 g/mol. The molecule has 0 fully saturated rings. The minimum Gasteiger partial charge on any atom is -0.478 e. The molecule has 4 rings (SSSR count). The Bertz CT molecular complexity index is 1640. The van der Waals surface area contributed by atoms with Crippen LogP contribution in [0, 0.1) is 23.0 Å². The standard InChI is InChI=1S/C24H10ClF5N2O3/c25-15-4-1-10(9-31)5-13(15)17-8-19(33)21-18(32-17)7-16(26)20(22(21)27)11-2-3-14(24(28,29)30)12(6-11)23(34)35/h1-8H,(H,32,33)(H,34,35). The van der Waals surface area contributed by atoms with E-state index in [-0.39, 0.29) is 27.4 Å². The molecule has 0 atom stereocenters. The lowest BCUT2D eigenvalue weighted by Crippen LogP contribution is -2.13. The number of carbonyl (C=O) groups is 1. The molecule has 35 heavy (non-hydrogen) atoms. The maximum Gasteiger partial charge on any atom is 0.417 e. The third-order valence-corrected chi connectivity index (χ3v) is 5.57. The third kappa shape index (κ3) is 4.22. The number of nitrogens with zero attached hydrogens (tertiary/aromatic N) is 1. The highest BCUT2D eigenvalue weighted by molar-refractivity contribution is 6.33. The van der Waals surface area contributed by atoms with Crippen LogP contribution in [0.15, 0.2) is 53.3 Å². The highest BCUT2D eigenvalue weighted by Gasteiger charge is 2.35. The number of nitriles is 1. The van der Waals surface area contributed by atoms with Crippen molar-refractivity contribution < 1.29 is 31.9 Å². The Balaban J connectivity index is 1.96. The van der Waals surface area contributed by atoms with Gasteiger partial charge in [-0.05, 0) is 42.0 Å². The van der Waals surface area contributed by atoms with Crippen LogP contribution in [0.4, 0.5) is 22.0 Å². The van der Waals surface area contributed by atoms with E-state index in [2.05, 4.69) is 4.98 Å². The van der Waals surface area contributed by atoms with Crippen molar-refractivity contribution in [2.24, 2.45) is 0 Å². The molecular weight excluding hydrogens is 495 g/mol. The van der Waals surface area contributed by atoms with E-state index >= 15 is 4.39 Å². The van der Waals surface area contributed by atoms with Gasteiger partial charge in [0.2, 0.25) is 0 Å². The summed E-state index contributed by atoms with van der Waals surface area (Å²) in [4.78, 5) is 26.8. The molecule has 0 spiro atoms. The minimum atomic E-state index is -5.01. The highest BCUT2D eigenvalue weighted by Crippen LogP contribution is 2.37. The van der Waals surface area contributed by atoms with Crippen LogP contribution in [0.25, 0.3) is 33.3 Å². The van der Waals surface area contributed by atoms with Crippen molar-refractivity contribution in [1.29, 1.82) is 5.26 Å². The van der Waals surface area contributed by atoms with E-state index in [1.807, 2.05) is 6.07 Å². The molecule has 0 aliphatic carbocycles. The Kier molecular flexibility index (Phi) is 5.82. The van der Waals surface area contributed by atoms with Gasteiger partial charge in [0.05, 0.1) is 44.9 Å². The van der Waals surface area contributed by atoms with Gasteiger partial charge in [-0.2, -0.15) is 18.4 Å². The summed E-state index contributed by atoms with van der Waals surface area (Å²) in [5.41, 5.74) is -4.74. The number of hydrogen-bond acceptors (Lipinski definition) is 3. The average Bonchev–Trinajstić information content (AvgIpc) is 2.78. The first kappa shape index (κ1) is 23.9. The molecule has 0 saturated carbocycles. The summed E-state index contributed by atoms with van der Waals surface area (Å²) in [6, 6.07) is 9.48. The number of H-pyrrole nitrogens is 1. The van der Waals surface area contributed by atoms with Gasteiger partial charge in [0.15, 0.2) is 5.43 Å². The lowest BCUT2D eigenvalue weighted by atomic mass is 9.96. The number of aromatic carboxylic acids is 1. The van der Waals surface area contributed by atoms with Gasteiger partial charge in [0, 0.05) is 16.7 Å². The van der Waals surface area contributed by atoms with Gasteiger partial charge < -0.3 is 10.1 Å². The van der Waals surface area contributed by atoms with E-state index in [1.54, 1.807) is 0 Å². The van der Waals surface area contributed by atoms with E-state index in [4.69, 9.17) is 16.9 Å². The summed E-state index contributed by atoms with van der Waals surface area (Å²) in [6.45, 7) is 0. The molecular formula is C24H10ClF5N2O3. The zero-order valence-electron chi connectivity index (χ0n) is 17.1. The molecule has 3 aromatic carbocycles. The third-order valence-electron chi connectivity index (χ3n) is 5.24. The number of aromatic nitrogens is 1. The van der Waals surface area contributed by atoms with Crippen LogP contribution in [-0.2, 0) is 6.18 Å². The number of aromatic amines is 1. The molecule has 1 aromatic heterocycles. The van der Waals surface area contributed by atoms with E-state index in [0.29, 0.717) is 12.1 Å². The summed E-state index contributed by atoms with van der Waals surface area (Å²) in [6.07, 6.45) is -5.01. The topological polar surface area (TPSA) is 93.9 Å². The van der Waals surface area contributed by atoms with Gasteiger partial charge >= 0.3 is 12.1 Å². The Hall–Kier alpha value is -4.23. The summed E-state index contributed by atoms with van der Waals surface area (Å²) in [5, 5.41) is 17.8. The van der Waals surface area contributed by atoms with Crippen LogP contribution < -0.4 is 5.43 Å². The molecule has 5 nitrogen and oxygen atoms in total. The zero-order chi connectivity index (χ0) is 25.7. The maximum atomic E-state index is 15.4. The molecule has 0 aliphatic heterocycles. The van der Waals surface area contributed by atoms with Gasteiger partial charge in [0.25, 0.3) is 0 Å². The lowest BCUT2D eigenvalue weighted by molar-refractivity contribution is -0.138. The molecule has 0 radical (unpaired) electrons. The van der Waals surface area contributed by atoms with Crippen LogP contribution in [0.5, 0.6) is 0 Å². The average molecular weight is 505 g/mol. The van der Waals surface area contributed by atoms with Crippen LogP contribution in [-0.4, -0.2) is 16.1 Å². The number of carboxylic acids is 1. The first-order valence-electron chi connectivity index (χ1n) is 9.62. The predicted molar refractivity (Wildman–Crippen MR) is 117 cm³/mol. The van der Waals surface area contributed by atoms with Gasteiger partial charge in [-0.1, -0.05) is 17.7 Å². The van der Waals surface area contributed by atoms with E-state index in [0.717, 1.165) is 18.2 Å². The molecule has 0 unspecified atom stereocenters. The molecule has 0 amide bonds. The summed E-state index contributed by atoms with van der Waals surface area (Å²) in [7, 11) is 0. The Morgan fingerprint density at radius 1 is 1.06 bits per heavy atom. The summed E-state index contributed by atoms with van der Waals surface area (Å²) >= 11 is 6.14. The molecule has 4 aromatic rings. The Labute approximate surface area is 197 Å². The summed E-state index contributed by atoms with van der Waals surface area (Å²) < 4.78 is 69.8. The van der Waals surface area contributed by atoms with Crippen LogP contribution >= 0.6 is 11.6 Å². The van der Waals surface area contributed by atoms with E-state index < -0.39 is 56.8 Å². The highest BCUT2D eigenvalue weighted by atomic mass is 35.5. The second-order valence-corrected chi connectivity index (χ2v) is 7.79. The van der Waals surface area contributed by atoms with E-state index in [9.17, 15) is 32.3 Å². The number of benzene rings is 3. The SMILES string of the molecule is N#Cc1ccc(Cl)c(-c2cc(=O)c3c(F)c(-c4ccc(C(F)(F)F)c(C(=O)O)c4)c(F)cc3[nH]2)c1. The lowest BCUT2D eigenvalue weighted by Gasteiger charge is -2.14. The van der Waals surface area contributed by atoms with Gasteiger partial charge in [0.1, 0.15) is 11.6 Å². The molecule has 0 bridgehead atoms. The van der Waals surface area contributed by atoms with Crippen LogP contribution in [0.3, 0.4) is 0 Å². The van der Waals surface area contributed by atoms with Crippen molar-refractivity contribution >= 4 is 28.5 Å². The fourth-order valence-electron chi connectivity index (χ4n) is 3.68. The van der Waals surface area contributed by atoms with Crippen molar-refractivity contribution in [2.45, 2.75) is 6.18 Å². The number of carboxylic acid groups (broad SMARTS) is 1. The number of rotatable bonds is 3. The predicted octanol–water partition coefficient (Wildman–Crippen LogP) is 6.38. The van der Waals surface area contributed by atoms with Crippen molar-refractivity contribution in [3.05, 3.63) is 92.1 Å². The minimum absolute atomic E-state index is 0.0684. The Morgan fingerprint density at radius 2 is 1.77 bits per heavy atom. The molecule has 176 valence electrons. The van der Waals surface area contributed by atoms with Crippen molar-refractivity contribution in [3.8, 4) is 28.5 Å². The molecule has 2 N–H and O–H groups in total. The van der Waals surface area contributed by atoms with Gasteiger partial charge in [-0.3, -0.25) is 4.79 Å². The number of alkyl halides is 3. The smallest absolute Gasteiger partial charge is 0.417 e. The molecule has 11 heteroatoms. The normalized spacial score (nSPS) is 11.5. The Morgan fingerprint density at radius 3 is 2.40 bits per heavy atom. The fraction of sp³-hybridized carbons (Fsp3) is 0.0417. The number of pyridine rings is 1. The van der Waals surface area contributed by atoms with Crippen molar-refractivity contribution in [2.75, 3.05) is 0 Å². The molecule has 1 heterocycles. The zero-order valence-corrected chi connectivity index (χ0v) is 17.9. The van der Waals surface area contributed by atoms with Gasteiger partial charge in [-0.25, -0.2) is 13.6 Å². The quantitative estimate of drug-likeness (QED) is 0.316. The van der Waals surface area contributed by atoms with Crippen molar-refractivity contribution in [1.82, 2.24) is 4.98 Å². The number of hydrogen-bond donors (Lipinski definition) is 2. The summed E-state index contributed by atoms with van der Waals surface area (Å²) in [5.74, 6) is -4.59.